The van der Waals surface area contributed by atoms with Crippen LogP contribution in [0.15, 0.2) is 41.8 Å². The van der Waals surface area contributed by atoms with Crippen LogP contribution in [-0.2, 0) is 16.6 Å². The molecule has 2 aliphatic rings. The molecule has 0 aromatic carbocycles. The van der Waals surface area contributed by atoms with Crippen LogP contribution in [0, 0.1) is 0 Å². The van der Waals surface area contributed by atoms with E-state index in [4.69, 9.17) is 5.73 Å². The predicted octanol–water partition coefficient (Wildman–Crippen LogP) is -0.342. The van der Waals surface area contributed by atoms with E-state index in [1.54, 1.807) is 37.2 Å². The Balaban J connectivity index is 1.80. The zero-order valence-corrected chi connectivity index (χ0v) is 14.5. The van der Waals surface area contributed by atoms with E-state index in [1.807, 2.05) is 6.08 Å². The molecule has 3 amide bonds. The van der Waals surface area contributed by atoms with E-state index < -0.39 is 11.8 Å². The molecule has 0 saturated carbocycles. The molecule has 1 aromatic rings. The molecule has 3 heterocycles. The highest BCUT2D eigenvalue weighted by atomic mass is 16.2. The first-order valence-corrected chi connectivity index (χ1v) is 8.11. The van der Waals surface area contributed by atoms with E-state index in [2.05, 4.69) is 15.7 Å². The van der Waals surface area contributed by atoms with Gasteiger partial charge in [-0.2, -0.15) is 5.10 Å². The molecule has 0 bridgehead atoms. The number of amides is 3. The van der Waals surface area contributed by atoms with Crippen molar-refractivity contribution in [3.8, 4) is 0 Å². The maximum absolute atomic E-state index is 12.7. The number of aryl methyl sites for hydroxylation is 1. The number of hydrogen-bond acceptors (Lipinski definition) is 5. The summed E-state index contributed by atoms with van der Waals surface area (Å²) in [5.41, 5.74) is 6.89. The summed E-state index contributed by atoms with van der Waals surface area (Å²) in [6.07, 6.45) is 9.19. The zero-order valence-electron chi connectivity index (χ0n) is 14.5. The fraction of sp³-hybridized carbons (Fsp3) is 0.294. The number of nitrogens with two attached hydrogens (primary N) is 1. The topological polar surface area (TPSA) is 122 Å². The maximum Gasteiger partial charge on any atom is 0.272 e. The first-order valence-electron chi connectivity index (χ1n) is 8.11. The highest BCUT2D eigenvalue weighted by Crippen LogP contribution is 2.24. The molecule has 26 heavy (non-hydrogen) atoms. The summed E-state index contributed by atoms with van der Waals surface area (Å²) in [7, 11) is 3.42. The molecule has 0 saturated heterocycles. The predicted molar refractivity (Wildman–Crippen MR) is 94.8 cm³/mol. The second kappa shape index (κ2) is 6.87. The average molecular weight is 356 g/mol. The van der Waals surface area contributed by atoms with Crippen molar-refractivity contribution in [3.05, 3.63) is 47.5 Å². The number of nitrogens with zero attached hydrogens (tertiary/aromatic N) is 3. The van der Waals surface area contributed by atoms with Gasteiger partial charge < -0.3 is 21.3 Å². The van der Waals surface area contributed by atoms with Gasteiger partial charge in [-0.3, -0.25) is 19.1 Å². The molecule has 0 radical (unpaired) electrons. The molecule has 136 valence electrons. The molecule has 0 spiro atoms. The first-order chi connectivity index (χ1) is 12.4. The van der Waals surface area contributed by atoms with E-state index in [0.717, 1.165) is 5.57 Å². The lowest BCUT2D eigenvalue weighted by atomic mass is 9.96. The number of carbonyl (C=O) groups excluding carboxylic acids is 3. The molecule has 1 aromatic heterocycles. The standard InChI is InChI=1S/C17H20N6O3/c1-22-9-11(15(21-22)16(18)25)20-17(26)13-5-3-4-12(23(13)2)10-6-7-19-14(24)8-10/h3-5,8-9,12H,6-7H2,1-2H3,(H2,18,25)(H,19,24)(H,20,26). The number of aromatic nitrogens is 2. The molecule has 0 fully saturated rings. The number of nitrogens with one attached hydrogen (secondary N) is 2. The molecule has 9 nitrogen and oxygen atoms in total. The zero-order chi connectivity index (χ0) is 18.8. The third kappa shape index (κ3) is 3.37. The number of carbonyl (C=O) groups is 3. The summed E-state index contributed by atoms with van der Waals surface area (Å²) in [5.74, 6) is -1.24. The Bertz CT molecular complexity index is 864. The van der Waals surface area contributed by atoms with Gasteiger partial charge in [0.2, 0.25) is 5.91 Å². The summed E-state index contributed by atoms with van der Waals surface area (Å²) in [4.78, 5) is 37.6. The molecule has 4 N–H and O–H groups in total. The summed E-state index contributed by atoms with van der Waals surface area (Å²) in [6.45, 7) is 0.575. The van der Waals surface area contributed by atoms with Crippen LogP contribution >= 0.6 is 0 Å². The van der Waals surface area contributed by atoms with Crippen molar-refractivity contribution >= 4 is 23.4 Å². The number of allylic oxidation sites excluding steroid dienone is 2. The third-order valence-electron chi connectivity index (χ3n) is 4.30. The Morgan fingerprint density at radius 2 is 2.15 bits per heavy atom. The van der Waals surface area contributed by atoms with Crippen LogP contribution in [0.4, 0.5) is 5.69 Å². The van der Waals surface area contributed by atoms with Crippen LogP contribution in [-0.4, -0.2) is 52.0 Å². The fourth-order valence-electron chi connectivity index (χ4n) is 3.06. The van der Waals surface area contributed by atoms with Gasteiger partial charge in [-0.05, 0) is 18.1 Å². The highest BCUT2D eigenvalue weighted by molar-refractivity contribution is 6.07. The quantitative estimate of drug-likeness (QED) is 0.681. The van der Waals surface area contributed by atoms with Crippen LogP contribution in [0.25, 0.3) is 0 Å². The van der Waals surface area contributed by atoms with E-state index >= 15 is 0 Å². The summed E-state index contributed by atoms with van der Waals surface area (Å²) >= 11 is 0. The summed E-state index contributed by atoms with van der Waals surface area (Å²) < 4.78 is 1.41. The van der Waals surface area contributed by atoms with Crippen LogP contribution in [0.2, 0.25) is 0 Å². The van der Waals surface area contributed by atoms with Crippen LogP contribution < -0.4 is 16.4 Å². The second-order valence-electron chi connectivity index (χ2n) is 6.14. The Hall–Kier alpha value is -3.36. The van der Waals surface area contributed by atoms with E-state index in [9.17, 15) is 14.4 Å². The van der Waals surface area contributed by atoms with Gasteiger partial charge in [-0.1, -0.05) is 12.2 Å². The lowest BCUT2D eigenvalue weighted by Crippen LogP contribution is -2.40. The Morgan fingerprint density at radius 1 is 1.38 bits per heavy atom. The molecule has 9 heteroatoms. The van der Waals surface area contributed by atoms with Crippen molar-refractivity contribution < 1.29 is 14.4 Å². The van der Waals surface area contributed by atoms with Gasteiger partial charge in [0.1, 0.15) is 5.70 Å². The fourth-order valence-corrected chi connectivity index (χ4v) is 3.06. The number of primary amides is 1. The molecule has 2 aliphatic heterocycles. The smallest absolute Gasteiger partial charge is 0.272 e. The largest absolute Gasteiger partial charge is 0.364 e. The minimum atomic E-state index is -0.719. The van der Waals surface area contributed by atoms with Crippen LogP contribution in [0.3, 0.4) is 0 Å². The van der Waals surface area contributed by atoms with Gasteiger partial charge in [0, 0.05) is 32.9 Å². The van der Waals surface area contributed by atoms with E-state index in [-0.39, 0.29) is 23.3 Å². The first kappa shape index (κ1) is 17.5. The molecular weight excluding hydrogens is 336 g/mol. The monoisotopic (exact) mass is 356 g/mol. The van der Waals surface area contributed by atoms with Crippen molar-refractivity contribution in [2.45, 2.75) is 12.5 Å². The van der Waals surface area contributed by atoms with Crippen molar-refractivity contribution in [1.82, 2.24) is 20.0 Å². The van der Waals surface area contributed by atoms with E-state index in [1.165, 1.54) is 10.9 Å². The van der Waals surface area contributed by atoms with Gasteiger partial charge in [-0.25, -0.2) is 0 Å². The molecule has 3 rings (SSSR count). The van der Waals surface area contributed by atoms with Gasteiger partial charge in [0.25, 0.3) is 11.8 Å². The highest BCUT2D eigenvalue weighted by Gasteiger charge is 2.27. The van der Waals surface area contributed by atoms with Gasteiger partial charge in [0.05, 0.1) is 11.7 Å². The van der Waals surface area contributed by atoms with Crippen molar-refractivity contribution in [2.75, 3.05) is 18.9 Å². The van der Waals surface area contributed by atoms with Gasteiger partial charge >= 0.3 is 0 Å². The molecule has 0 aliphatic carbocycles. The van der Waals surface area contributed by atoms with Gasteiger partial charge in [-0.15, -0.1) is 0 Å². The Labute approximate surface area is 150 Å². The Kier molecular flexibility index (Phi) is 4.61. The SMILES string of the molecule is CN1C(C(=O)Nc2cn(C)nc2C(N)=O)=CC=CC1C1=CC(=O)NCC1. The second-order valence-corrected chi connectivity index (χ2v) is 6.14. The molecule has 1 atom stereocenters. The van der Waals surface area contributed by atoms with Crippen molar-refractivity contribution in [2.24, 2.45) is 12.8 Å². The van der Waals surface area contributed by atoms with E-state index in [0.29, 0.717) is 18.7 Å². The number of likely N-dealkylation sites (N-methyl/N-ethyl adjacent to an activating group) is 1. The number of hydrogen-bond donors (Lipinski definition) is 3. The van der Waals surface area contributed by atoms with Crippen molar-refractivity contribution in [3.63, 3.8) is 0 Å². The number of anilines is 1. The normalized spacial score (nSPS) is 19.5. The van der Waals surface area contributed by atoms with Crippen molar-refractivity contribution in [1.29, 1.82) is 0 Å². The minimum Gasteiger partial charge on any atom is -0.364 e. The maximum atomic E-state index is 12.7. The number of rotatable bonds is 4. The summed E-state index contributed by atoms with van der Waals surface area (Å²) in [6, 6.07) is -0.184. The minimum absolute atomic E-state index is 0.00124. The summed E-state index contributed by atoms with van der Waals surface area (Å²) in [5, 5.41) is 9.38. The van der Waals surface area contributed by atoms with Gasteiger partial charge in [0.15, 0.2) is 5.69 Å². The Morgan fingerprint density at radius 3 is 2.85 bits per heavy atom. The lowest BCUT2D eigenvalue weighted by Gasteiger charge is -2.34. The lowest BCUT2D eigenvalue weighted by molar-refractivity contribution is -0.116. The molecule has 1 unspecified atom stereocenters. The third-order valence-corrected chi connectivity index (χ3v) is 4.30. The van der Waals surface area contributed by atoms with Crippen LogP contribution in [0.5, 0.6) is 0 Å². The van der Waals surface area contributed by atoms with Crippen LogP contribution in [0.1, 0.15) is 16.9 Å². The molecular formula is C17H20N6O3. The average Bonchev–Trinajstić information content (AvgIpc) is 2.95.